The van der Waals surface area contributed by atoms with Gasteiger partial charge in [-0.2, -0.15) is 0 Å². The molecule has 0 spiro atoms. The molecule has 0 radical (unpaired) electrons. The van der Waals surface area contributed by atoms with Crippen LogP contribution in [0.1, 0.15) is 24.4 Å². The molecule has 21 heavy (non-hydrogen) atoms. The minimum atomic E-state index is 0.145. The van der Waals surface area contributed by atoms with Crippen LogP contribution in [-0.4, -0.2) is 12.6 Å². The van der Waals surface area contributed by atoms with E-state index in [1.807, 2.05) is 12.1 Å². The first-order chi connectivity index (χ1) is 10.2. The van der Waals surface area contributed by atoms with Gasteiger partial charge in [0.25, 0.3) is 0 Å². The lowest BCUT2D eigenvalue weighted by Gasteiger charge is -2.41. The second-order valence-corrected chi connectivity index (χ2v) is 6.25. The molecule has 2 aromatic carbocycles. The summed E-state index contributed by atoms with van der Waals surface area (Å²) in [6, 6.07) is 14.8. The van der Waals surface area contributed by atoms with E-state index in [1.165, 1.54) is 5.56 Å². The number of anilines is 3. The zero-order chi connectivity index (χ0) is 14.4. The predicted molar refractivity (Wildman–Crippen MR) is 88.5 cm³/mol. The number of halogens is 1. The highest BCUT2D eigenvalue weighted by Gasteiger charge is 2.35. The van der Waals surface area contributed by atoms with Crippen LogP contribution in [0.25, 0.3) is 0 Å². The number of hydrogen-bond donors (Lipinski definition) is 2. The molecule has 0 bridgehead atoms. The molecule has 2 aliphatic rings. The van der Waals surface area contributed by atoms with Crippen molar-refractivity contribution in [2.24, 2.45) is 5.73 Å². The molecule has 4 heteroatoms. The number of rotatable bonds is 0. The Balaban J connectivity index is 1.94. The number of fused-ring (bicyclic) bond motifs is 5. The molecule has 2 atom stereocenters. The molecule has 2 aromatic rings. The Morgan fingerprint density at radius 1 is 1.14 bits per heavy atom. The fraction of sp³-hybridized carbons (Fsp3) is 0.294. The van der Waals surface area contributed by atoms with Crippen molar-refractivity contribution in [3.05, 3.63) is 53.1 Å². The molecule has 2 aliphatic heterocycles. The van der Waals surface area contributed by atoms with Gasteiger partial charge in [0, 0.05) is 23.3 Å². The number of nitrogens with one attached hydrogen (secondary N) is 1. The maximum atomic E-state index is 6.47. The number of hydrogen-bond acceptors (Lipinski definition) is 3. The summed E-state index contributed by atoms with van der Waals surface area (Å²) in [4.78, 5) is 2.41. The third kappa shape index (κ3) is 2.08. The average molecular weight is 300 g/mol. The van der Waals surface area contributed by atoms with Crippen LogP contribution in [0, 0.1) is 0 Å². The maximum Gasteiger partial charge on any atom is 0.0714 e. The Bertz CT molecular complexity index is 685. The Morgan fingerprint density at radius 2 is 2.00 bits per heavy atom. The van der Waals surface area contributed by atoms with E-state index in [2.05, 4.69) is 40.5 Å². The third-order valence-electron chi connectivity index (χ3n) is 4.50. The van der Waals surface area contributed by atoms with Crippen LogP contribution in [0.5, 0.6) is 0 Å². The Kier molecular flexibility index (Phi) is 3.05. The summed E-state index contributed by atoms with van der Waals surface area (Å²) < 4.78 is 0. The van der Waals surface area contributed by atoms with Crippen LogP contribution in [0.4, 0.5) is 17.1 Å². The monoisotopic (exact) mass is 299 g/mol. The van der Waals surface area contributed by atoms with E-state index in [-0.39, 0.29) is 12.1 Å². The molecular formula is C17H18ClN3. The van der Waals surface area contributed by atoms with E-state index in [9.17, 15) is 0 Å². The van der Waals surface area contributed by atoms with Crippen molar-refractivity contribution in [1.29, 1.82) is 0 Å². The van der Waals surface area contributed by atoms with E-state index in [0.717, 1.165) is 41.5 Å². The van der Waals surface area contributed by atoms with Gasteiger partial charge in [-0.25, -0.2) is 0 Å². The average Bonchev–Trinajstić information content (AvgIpc) is 2.63. The molecule has 3 N–H and O–H groups in total. The van der Waals surface area contributed by atoms with Crippen molar-refractivity contribution in [2.75, 3.05) is 16.8 Å². The Hall–Kier alpha value is -1.71. The topological polar surface area (TPSA) is 41.3 Å². The van der Waals surface area contributed by atoms with Crippen molar-refractivity contribution < 1.29 is 0 Å². The number of piperidine rings is 1. The van der Waals surface area contributed by atoms with Crippen molar-refractivity contribution >= 4 is 28.7 Å². The van der Waals surface area contributed by atoms with Crippen molar-refractivity contribution in [3.8, 4) is 0 Å². The van der Waals surface area contributed by atoms with Crippen LogP contribution in [0.3, 0.4) is 0 Å². The quantitative estimate of drug-likeness (QED) is 0.770. The van der Waals surface area contributed by atoms with Gasteiger partial charge in [-0.15, -0.1) is 0 Å². The molecule has 3 nitrogen and oxygen atoms in total. The van der Waals surface area contributed by atoms with E-state index >= 15 is 0 Å². The maximum absolute atomic E-state index is 6.47. The van der Waals surface area contributed by atoms with Gasteiger partial charge in [0.2, 0.25) is 0 Å². The molecule has 0 unspecified atom stereocenters. The largest absolute Gasteiger partial charge is 0.361 e. The lowest BCUT2D eigenvalue weighted by atomic mass is 9.90. The second-order valence-electron chi connectivity index (χ2n) is 5.82. The molecule has 1 fully saturated rings. The molecule has 1 saturated heterocycles. The summed E-state index contributed by atoms with van der Waals surface area (Å²) in [5.74, 6) is 0. The summed E-state index contributed by atoms with van der Waals surface area (Å²) in [6.45, 7) is 1.02. The lowest BCUT2D eigenvalue weighted by Crippen LogP contribution is -2.45. The molecule has 108 valence electrons. The van der Waals surface area contributed by atoms with Gasteiger partial charge < -0.3 is 16.0 Å². The molecule has 2 heterocycles. The molecule has 0 aromatic heterocycles. The van der Waals surface area contributed by atoms with Gasteiger partial charge in [-0.05, 0) is 42.7 Å². The van der Waals surface area contributed by atoms with E-state index in [0.29, 0.717) is 0 Å². The minimum absolute atomic E-state index is 0.145. The second kappa shape index (κ2) is 4.93. The molecular weight excluding hydrogens is 282 g/mol. The highest BCUT2D eigenvalue weighted by molar-refractivity contribution is 6.31. The van der Waals surface area contributed by atoms with E-state index in [1.54, 1.807) is 0 Å². The molecule has 0 saturated carbocycles. The van der Waals surface area contributed by atoms with Crippen LogP contribution in [0.15, 0.2) is 42.5 Å². The Morgan fingerprint density at radius 3 is 2.90 bits per heavy atom. The first-order valence-electron chi connectivity index (χ1n) is 7.42. The number of nitrogens with zero attached hydrogens (tertiary/aromatic N) is 1. The van der Waals surface area contributed by atoms with Crippen LogP contribution in [0.2, 0.25) is 5.02 Å². The van der Waals surface area contributed by atoms with Crippen LogP contribution in [-0.2, 0) is 0 Å². The summed E-state index contributed by atoms with van der Waals surface area (Å²) in [6.07, 6.45) is 2.18. The van der Waals surface area contributed by atoms with Gasteiger partial charge in [-0.1, -0.05) is 29.8 Å². The number of benzene rings is 2. The fourth-order valence-electron chi connectivity index (χ4n) is 3.56. The number of para-hydroxylation sites is 1. The van der Waals surface area contributed by atoms with Crippen molar-refractivity contribution in [1.82, 2.24) is 0 Å². The van der Waals surface area contributed by atoms with Crippen molar-refractivity contribution in [2.45, 2.75) is 24.9 Å². The van der Waals surface area contributed by atoms with Gasteiger partial charge in [0.15, 0.2) is 0 Å². The van der Waals surface area contributed by atoms with Crippen molar-refractivity contribution in [3.63, 3.8) is 0 Å². The summed E-state index contributed by atoms with van der Waals surface area (Å²) in [7, 11) is 0. The fourth-order valence-corrected chi connectivity index (χ4v) is 3.72. The Labute approximate surface area is 129 Å². The van der Waals surface area contributed by atoms with Gasteiger partial charge >= 0.3 is 0 Å². The van der Waals surface area contributed by atoms with Crippen LogP contribution < -0.4 is 16.0 Å². The number of nitrogens with two attached hydrogens (primary N) is 1. The van der Waals surface area contributed by atoms with E-state index in [4.69, 9.17) is 17.3 Å². The first kappa shape index (κ1) is 13.0. The zero-order valence-electron chi connectivity index (χ0n) is 11.7. The van der Waals surface area contributed by atoms with Gasteiger partial charge in [0.1, 0.15) is 0 Å². The predicted octanol–water partition coefficient (Wildman–Crippen LogP) is 4.07. The lowest BCUT2D eigenvalue weighted by molar-refractivity contribution is 0.411. The normalized spacial score (nSPS) is 23.4. The van der Waals surface area contributed by atoms with Crippen LogP contribution >= 0.6 is 11.6 Å². The summed E-state index contributed by atoms with van der Waals surface area (Å²) in [5.41, 5.74) is 11.1. The molecule has 0 aliphatic carbocycles. The summed E-state index contributed by atoms with van der Waals surface area (Å²) in [5, 5.41) is 4.31. The standard InChI is InChI=1S/C17H18ClN3/c18-11-7-8-15-16(10-11)21-9-3-5-13(19)17(21)12-4-1-2-6-14(12)20-15/h1-2,4,6-8,10,13,17,20H,3,5,9,19H2/t13-,17-/m1/s1. The molecule has 4 rings (SSSR count). The minimum Gasteiger partial charge on any atom is -0.361 e. The van der Waals surface area contributed by atoms with Gasteiger partial charge in [0.05, 0.1) is 17.4 Å². The van der Waals surface area contributed by atoms with E-state index < -0.39 is 0 Å². The smallest absolute Gasteiger partial charge is 0.0714 e. The summed E-state index contributed by atoms with van der Waals surface area (Å²) >= 11 is 6.22. The SMILES string of the molecule is N[C@@H]1CCCN2c3cc(Cl)ccc3Nc3ccccc3[C@H]12. The highest BCUT2D eigenvalue weighted by Crippen LogP contribution is 2.45. The zero-order valence-corrected chi connectivity index (χ0v) is 12.5. The third-order valence-corrected chi connectivity index (χ3v) is 4.73. The first-order valence-corrected chi connectivity index (χ1v) is 7.79. The highest BCUT2D eigenvalue weighted by atomic mass is 35.5. The molecule has 0 amide bonds. The van der Waals surface area contributed by atoms with Gasteiger partial charge in [-0.3, -0.25) is 0 Å².